The van der Waals surface area contributed by atoms with Crippen LogP contribution in [0.2, 0.25) is 0 Å². The number of hydrogen-bond donors (Lipinski definition) is 0. The van der Waals surface area contributed by atoms with E-state index in [0.717, 1.165) is 15.9 Å². The third-order valence-corrected chi connectivity index (χ3v) is 2.91. The Morgan fingerprint density at radius 3 is 2.82 bits per heavy atom. The summed E-state index contributed by atoms with van der Waals surface area (Å²) in [5.74, 6) is 1.43. The van der Waals surface area contributed by atoms with Gasteiger partial charge < -0.3 is 14.0 Å². The van der Waals surface area contributed by atoms with Crippen molar-refractivity contribution in [1.82, 2.24) is 9.55 Å². The number of imidazole rings is 1. The van der Waals surface area contributed by atoms with E-state index in [4.69, 9.17) is 9.47 Å². The monoisotopic (exact) mass is 296 g/mol. The first-order chi connectivity index (χ1) is 8.20. The van der Waals surface area contributed by atoms with Crippen molar-refractivity contribution < 1.29 is 9.47 Å². The molecule has 1 aromatic carbocycles. The SMILES string of the molecule is COc1cc(Br)ccc1OCc1cncn1C. The van der Waals surface area contributed by atoms with Crippen molar-refractivity contribution in [3.05, 3.63) is 40.9 Å². The lowest BCUT2D eigenvalue weighted by atomic mass is 10.3. The Kier molecular flexibility index (Phi) is 3.68. The van der Waals surface area contributed by atoms with Crippen LogP contribution in [-0.2, 0) is 13.7 Å². The highest BCUT2D eigenvalue weighted by atomic mass is 79.9. The zero-order valence-corrected chi connectivity index (χ0v) is 11.3. The first kappa shape index (κ1) is 12.0. The third kappa shape index (κ3) is 2.79. The molecule has 0 unspecified atom stereocenters. The van der Waals surface area contributed by atoms with Crippen LogP contribution in [0.25, 0.3) is 0 Å². The van der Waals surface area contributed by atoms with Crippen LogP contribution in [0, 0.1) is 0 Å². The first-order valence-corrected chi connectivity index (χ1v) is 5.91. The van der Waals surface area contributed by atoms with Gasteiger partial charge in [0, 0.05) is 11.5 Å². The quantitative estimate of drug-likeness (QED) is 0.870. The standard InChI is InChI=1S/C12H13BrN2O2/c1-15-8-14-6-10(15)7-17-11-4-3-9(13)5-12(11)16-2/h3-6,8H,7H2,1-2H3. The molecule has 0 aliphatic carbocycles. The Morgan fingerprint density at radius 2 is 2.18 bits per heavy atom. The maximum atomic E-state index is 5.70. The van der Waals surface area contributed by atoms with E-state index in [1.807, 2.05) is 29.8 Å². The summed E-state index contributed by atoms with van der Waals surface area (Å²) in [6.07, 6.45) is 3.53. The zero-order chi connectivity index (χ0) is 12.3. The summed E-state index contributed by atoms with van der Waals surface area (Å²) in [4.78, 5) is 4.03. The number of aryl methyl sites for hydroxylation is 1. The number of halogens is 1. The molecule has 0 radical (unpaired) electrons. The van der Waals surface area contributed by atoms with E-state index in [9.17, 15) is 0 Å². The van der Waals surface area contributed by atoms with Crippen molar-refractivity contribution >= 4 is 15.9 Å². The van der Waals surface area contributed by atoms with Crippen LogP contribution < -0.4 is 9.47 Å². The molecule has 1 aromatic heterocycles. The molecule has 0 bridgehead atoms. The molecule has 0 atom stereocenters. The number of ether oxygens (including phenoxy) is 2. The number of methoxy groups -OCH3 is 1. The molecular formula is C12H13BrN2O2. The van der Waals surface area contributed by atoms with Crippen molar-refractivity contribution in [2.24, 2.45) is 7.05 Å². The van der Waals surface area contributed by atoms with E-state index >= 15 is 0 Å². The lowest BCUT2D eigenvalue weighted by Gasteiger charge is -2.10. The van der Waals surface area contributed by atoms with Gasteiger partial charge in [-0.1, -0.05) is 15.9 Å². The molecule has 0 spiro atoms. The molecule has 0 fully saturated rings. The molecule has 0 aliphatic rings. The summed E-state index contributed by atoms with van der Waals surface area (Å²) in [6, 6.07) is 5.67. The Bertz CT molecular complexity index is 511. The van der Waals surface area contributed by atoms with Gasteiger partial charge in [-0.05, 0) is 18.2 Å². The van der Waals surface area contributed by atoms with Crippen molar-refractivity contribution in [2.45, 2.75) is 6.61 Å². The molecule has 90 valence electrons. The van der Waals surface area contributed by atoms with Crippen molar-refractivity contribution in [2.75, 3.05) is 7.11 Å². The van der Waals surface area contributed by atoms with E-state index in [0.29, 0.717) is 12.4 Å². The first-order valence-electron chi connectivity index (χ1n) is 5.12. The molecule has 4 nitrogen and oxygen atoms in total. The average Bonchev–Trinajstić information content (AvgIpc) is 2.73. The molecule has 5 heteroatoms. The number of benzene rings is 1. The maximum Gasteiger partial charge on any atom is 0.161 e. The van der Waals surface area contributed by atoms with Crippen LogP contribution in [-0.4, -0.2) is 16.7 Å². The maximum absolute atomic E-state index is 5.70. The van der Waals surface area contributed by atoms with Crippen molar-refractivity contribution in [3.8, 4) is 11.5 Å². The van der Waals surface area contributed by atoms with Crippen LogP contribution >= 0.6 is 15.9 Å². The number of rotatable bonds is 4. The van der Waals surface area contributed by atoms with Gasteiger partial charge in [0.25, 0.3) is 0 Å². The predicted octanol–water partition coefficient (Wildman–Crippen LogP) is 2.77. The van der Waals surface area contributed by atoms with Crippen LogP contribution in [0.1, 0.15) is 5.69 Å². The van der Waals surface area contributed by atoms with E-state index in [-0.39, 0.29) is 0 Å². The van der Waals surface area contributed by atoms with E-state index in [1.54, 1.807) is 19.6 Å². The van der Waals surface area contributed by atoms with Gasteiger partial charge in [0.05, 0.1) is 25.3 Å². The summed E-state index contributed by atoms with van der Waals surface area (Å²) in [5.41, 5.74) is 1.01. The normalized spacial score (nSPS) is 10.3. The van der Waals surface area contributed by atoms with E-state index in [2.05, 4.69) is 20.9 Å². The summed E-state index contributed by atoms with van der Waals surface area (Å²) >= 11 is 3.39. The highest BCUT2D eigenvalue weighted by Crippen LogP contribution is 2.30. The highest BCUT2D eigenvalue weighted by molar-refractivity contribution is 9.10. The lowest BCUT2D eigenvalue weighted by Crippen LogP contribution is -2.02. The van der Waals surface area contributed by atoms with E-state index < -0.39 is 0 Å². The van der Waals surface area contributed by atoms with Gasteiger partial charge in [-0.2, -0.15) is 0 Å². The van der Waals surface area contributed by atoms with Crippen molar-refractivity contribution in [3.63, 3.8) is 0 Å². The van der Waals surface area contributed by atoms with Gasteiger partial charge in [0.1, 0.15) is 6.61 Å². The minimum atomic E-state index is 0.467. The molecule has 0 amide bonds. The molecule has 17 heavy (non-hydrogen) atoms. The second kappa shape index (κ2) is 5.23. The molecule has 2 aromatic rings. The summed E-state index contributed by atoms with van der Waals surface area (Å²) in [6.45, 7) is 0.467. The van der Waals surface area contributed by atoms with Gasteiger partial charge in [-0.15, -0.1) is 0 Å². The van der Waals surface area contributed by atoms with E-state index in [1.165, 1.54) is 0 Å². The zero-order valence-electron chi connectivity index (χ0n) is 9.68. The minimum Gasteiger partial charge on any atom is -0.493 e. The molecule has 0 saturated heterocycles. The van der Waals surface area contributed by atoms with Gasteiger partial charge in [0.15, 0.2) is 11.5 Å². The summed E-state index contributed by atoms with van der Waals surface area (Å²) in [7, 11) is 3.56. The Labute approximate surface area is 108 Å². The number of aromatic nitrogens is 2. The Balaban J connectivity index is 2.11. The second-order valence-corrected chi connectivity index (χ2v) is 4.50. The molecule has 2 rings (SSSR count). The predicted molar refractivity (Wildman–Crippen MR) is 68.2 cm³/mol. The van der Waals surface area contributed by atoms with Crippen LogP contribution in [0.15, 0.2) is 35.2 Å². The summed E-state index contributed by atoms with van der Waals surface area (Å²) < 4.78 is 13.8. The summed E-state index contributed by atoms with van der Waals surface area (Å²) in [5, 5.41) is 0. The number of hydrogen-bond acceptors (Lipinski definition) is 3. The van der Waals surface area contributed by atoms with Gasteiger partial charge in [0.2, 0.25) is 0 Å². The fraction of sp³-hybridized carbons (Fsp3) is 0.250. The van der Waals surface area contributed by atoms with Crippen LogP contribution in [0.4, 0.5) is 0 Å². The molecule has 1 heterocycles. The van der Waals surface area contributed by atoms with Gasteiger partial charge in [-0.3, -0.25) is 0 Å². The smallest absolute Gasteiger partial charge is 0.161 e. The average molecular weight is 297 g/mol. The Hall–Kier alpha value is -1.49. The third-order valence-electron chi connectivity index (χ3n) is 2.42. The number of nitrogens with zero attached hydrogens (tertiary/aromatic N) is 2. The fourth-order valence-corrected chi connectivity index (χ4v) is 1.78. The largest absolute Gasteiger partial charge is 0.493 e. The molecular weight excluding hydrogens is 284 g/mol. The molecule has 0 saturated carbocycles. The topological polar surface area (TPSA) is 36.3 Å². The van der Waals surface area contributed by atoms with Gasteiger partial charge in [-0.25, -0.2) is 4.98 Å². The second-order valence-electron chi connectivity index (χ2n) is 3.58. The minimum absolute atomic E-state index is 0.467. The molecule has 0 aliphatic heterocycles. The Morgan fingerprint density at radius 1 is 1.35 bits per heavy atom. The lowest BCUT2D eigenvalue weighted by molar-refractivity contribution is 0.277. The van der Waals surface area contributed by atoms with Crippen LogP contribution in [0.3, 0.4) is 0 Å². The fourth-order valence-electron chi connectivity index (χ4n) is 1.44. The van der Waals surface area contributed by atoms with Gasteiger partial charge >= 0.3 is 0 Å². The van der Waals surface area contributed by atoms with Crippen molar-refractivity contribution in [1.29, 1.82) is 0 Å². The molecule has 0 N–H and O–H groups in total. The van der Waals surface area contributed by atoms with Crippen LogP contribution in [0.5, 0.6) is 11.5 Å². The highest BCUT2D eigenvalue weighted by Gasteiger charge is 2.06.